The standard InChI is InChI=1S/C17H19N7O2/c1-22-13-9-12(10-20-15(13)21-11-14(22)25)16(26)23-5-7-24(8-6-23)17-18-3-2-4-19-17/h2-4,9-10H,5-8,11H2,1H3,(H,20,21). The van der Waals surface area contributed by atoms with Gasteiger partial charge in [0.15, 0.2) is 0 Å². The van der Waals surface area contributed by atoms with Crippen molar-refractivity contribution in [2.45, 2.75) is 0 Å². The number of aromatic nitrogens is 3. The van der Waals surface area contributed by atoms with Gasteiger partial charge in [0.05, 0.1) is 17.8 Å². The van der Waals surface area contributed by atoms with Crippen molar-refractivity contribution in [3.63, 3.8) is 0 Å². The normalized spacial score (nSPS) is 17.0. The molecule has 4 rings (SSSR count). The molecule has 2 aromatic rings. The molecule has 0 bridgehead atoms. The van der Waals surface area contributed by atoms with E-state index >= 15 is 0 Å². The lowest BCUT2D eigenvalue weighted by atomic mass is 10.1. The molecule has 9 nitrogen and oxygen atoms in total. The predicted octanol–water partition coefficient (Wildman–Crippen LogP) is 0.222. The highest BCUT2D eigenvalue weighted by Gasteiger charge is 2.26. The maximum absolute atomic E-state index is 12.8. The number of rotatable bonds is 2. The van der Waals surface area contributed by atoms with Crippen LogP contribution in [0.4, 0.5) is 17.5 Å². The lowest BCUT2D eigenvalue weighted by molar-refractivity contribution is -0.116. The van der Waals surface area contributed by atoms with Crippen LogP contribution < -0.4 is 15.1 Å². The molecule has 1 N–H and O–H groups in total. The third kappa shape index (κ3) is 2.92. The number of pyridine rings is 1. The minimum atomic E-state index is -0.0830. The molecule has 0 spiro atoms. The molecule has 4 heterocycles. The minimum Gasteiger partial charge on any atom is -0.359 e. The molecule has 1 fully saturated rings. The number of likely N-dealkylation sites (N-methyl/N-ethyl adjacent to an activating group) is 1. The quantitative estimate of drug-likeness (QED) is 0.825. The Morgan fingerprint density at radius 2 is 1.85 bits per heavy atom. The van der Waals surface area contributed by atoms with Crippen molar-refractivity contribution < 1.29 is 9.59 Å². The van der Waals surface area contributed by atoms with E-state index in [1.807, 2.05) is 0 Å². The number of carbonyl (C=O) groups is 2. The predicted molar refractivity (Wildman–Crippen MR) is 96.3 cm³/mol. The zero-order valence-corrected chi connectivity index (χ0v) is 14.4. The summed E-state index contributed by atoms with van der Waals surface area (Å²) < 4.78 is 0. The fourth-order valence-corrected chi connectivity index (χ4v) is 3.12. The Morgan fingerprint density at radius 1 is 1.12 bits per heavy atom. The third-order valence-electron chi connectivity index (χ3n) is 4.66. The number of hydrogen-bond acceptors (Lipinski definition) is 7. The molecule has 134 valence electrons. The van der Waals surface area contributed by atoms with Crippen LogP contribution in [-0.2, 0) is 4.79 Å². The van der Waals surface area contributed by atoms with Crippen molar-refractivity contribution in [3.8, 4) is 0 Å². The molecular formula is C17H19N7O2. The van der Waals surface area contributed by atoms with Crippen molar-refractivity contribution in [1.82, 2.24) is 19.9 Å². The largest absolute Gasteiger partial charge is 0.359 e. The number of hydrogen-bond donors (Lipinski definition) is 1. The lowest BCUT2D eigenvalue weighted by Gasteiger charge is -2.35. The van der Waals surface area contributed by atoms with E-state index in [9.17, 15) is 9.59 Å². The van der Waals surface area contributed by atoms with E-state index < -0.39 is 0 Å². The lowest BCUT2D eigenvalue weighted by Crippen LogP contribution is -2.49. The van der Waals surface area contributed by atoms with Gasteiger partial charge >= 0.3 is 0 Å². The molecule has 2 amide bonds. The Kier molecular flexibility index (Phi) is 4.11. The first-order chi connectivity index (χ1) is 12.6. The Morgan fingerprint density at radius 3 is 2.58 bits per heavy atom. The van der Waals surface area contributed by atoms with Gasteiger partial charge in [-0.3, -0.25) is 9.59 Å². The Balaban J connectivity index is 1.47. The number of nitrogens with one attached hydrogen (secondary N) is 1. The molecule has 2 aliphatic rings. The molecule has 0 radical (unpaired) electrons. The molecule has 2 aromatic heterocycles. The van der Waals surface area contributed by atoms with Crippen molar-refractivity contribution in [3.05, 3.63) is 36.3 Å². The van der Waals surface area contributed by atoms with Crippen molar-refractivity contribution in [2.75, 3.05) is 54.9 Å². The maximum atomic E-state index is 12.8. The van der Waals surface area contributed by atoms with E-state index in [1.54, 1.807) is 42.7 Å². The zero-order valence-electron chi connectivity index (χ0n) is 14.4. The average molecular weight is 353 g/mol. The smallest absolute Gasteiger partial charge is 0.255 e. The van der Waals surface area contributed by atoms with E-state index in [-0.39, 0.29) is 18.4 Å². The van der Waals surface area contributed by atoms with Crippen molar-refractivity contribution >= 4 is 29.3 Å². The Hall–Kier alpha value is -3.23. The number of piperazine rings is 1. The van der Waals surface area contributed by atoms with Crippen LogP contribution in [0.5, 0.6) is 0 Å². The average Bonchev–Trinajstić information content (AvgIpc) is 2.71. The van der Waals surface area contributed by atoms with Crippen LogP contribution in [0.25, 0.3) is 0 Å². The third-order valence-corrected chi connectivity index (χ3v) is 4.66. The van der Waals surface area contributed by atoms with Crippen LogP contribution in [0, 0.1) is 0 Å². The number of anilines is 3. The summed E-state index contributed by atoms with van der Waals surface area (Å²) in [5, 5.41) is 2.96. The molecule has 0 saturated carbocycles. The van der Waals surface area contributed by atoms with E-state index in [0.717, 1.165) is 0 Å². The summed E-state index contributed by atoms with van der Waals surface area (Å²) in [7, 11) is 1.69. The molecule has 0 aliphatic carbocycles. The summed E-state index contributed by atoms with van der Waals surface area (Å²) >= 11 is 0. The zero-order chi connectivity index (χ0) is 18.1. The highest BCUT2D eigenvalue weighted by molar-refractivity contribution is 6.03. The Labute approximate surface area is 150 Å². The van der Waals surface area contributed by atoms with Gasteiger partial charge in [0.25, 0.3) is 5.91 Å². The SMILES string of the molecule is CN1C(=O)CNc2ncc(C(=O)N3CCN(c4ncccn4)CC3)cc21. The minimum absolute atomic E-state index is 0.0552. The van der Waals surface area contributed by atoms with Crippen LogP contribution in [0.15, 0.2) is 30.7 Å². The van der Waals surface area contributed by atoms with Crippen LogP contribution in [-0.4, -0.2) is 71.4 Å². The first-order valence-corrected chi connectivity index (χ1v) is 8.45. The summed E-state index contributed by atoms with van der Waals surface area (Å²) in [5.41, 5.74) is 1.11. The highest BCUT2D eigenvalue weighted by Crippen LogP contribution is 2.27. The molecule has 9 heteroatoms. The fourth-order valence-electron chi connectivity index (χ4n) is 3.12. The van der Waals surface area contributed by atoms with Gasteiger partial charge < -0.3 is 20.0 Å². The monoisotopic (exact) mass is 353 g/mol. The van der Waals surface area contributed by atoms with E-state index in [1.165, 1.54) is 4.90 Å². The maximum Gasteiger partial charge on any atom is 0.255 e. The summed E-state index contributed by atoms with van der Waals surface area (Å²) in [6.45, 7) is 2.73. The fraction of sp³-hybridized carbons (Fsp3) is 0.353. The Bertz CT molecular complexity index is 834. The van der Waals surface area contributed by atoms with E-state index in [0.29, 0.717) is 49.2 Å². The topological polar surface area (TPSA) is 94.6 Å². The molecular weight excluding hydrogens is 334 g/mol. The van der Waals surface area contributed by atoms with Gasteiger partial charge in [-0.05, 0) is 12.1 Å². The van der Waals surface area contributed by atoms with Gasteiger partial charge in [0, 0.05) is 51.8 Å². The number of fused-ring (bicyclic) bond motifs is 1. The summed E-state index contributed by atoms with van der Waals surface area (Å²) in [5.74, 6) is 1.16. The van der Waals surface area contributed by atoms with Gasteiger partial charge in [-0.15, -0.1) is 0 Å². The second kappa shape index (κ2) is 6.58. The van der Waals surface area contributed by atoms with Gasteiger partial charge in [-0.1, -0.05) is 0 Å². The molecule has 2 aliphatic heterocycles. The molecule has 26 heavy (non-hydrogen) atoms. The van der Waals surface area contributed by atoms with Crippen LogP contribution >= 0.6 is 0 Å². The summed E-state index contributed by atoms with van der Waals surface area (Å²) in [4.78, 5) is 42.8. The van der Waals surface area contributed by atoms with Gasteiger partial charge in [-0.25, -0.2) is 15.0 Å². The van der Waals surface area contributed by atoms with Crippen molar-refractivity contribution in [1.29, 1.82) is 0 Å². The van der Waals surface area contributed by atoms with Gasteiger partial charge in [0.1, 0.15) is 5.82 Å². The molecule has 1 saturated heterocycles. The molecule has 0 unspecified atom stereocenters. The second-order valence-corrected chi connectivity index (χ2v) is 6.23. The van der Waals surface area contributed by atoms with Gasteiger partial charge in [0.2, 0.25) is 11.9 Å². The summed E-state index contributed by atoms with van der Waals surface area (Å²) in [6, 6.07) is 3.50. The first-order valence-electron chi connectivity index (χ1n) is 8.45. The number of amides is 2. The highest BCUT2D eigenvalue weighted by atomic mass is 16.2. The number of carbonyl (C=O) groups excluding carboxylic acids is 2. The number of nitrogens with zero attached hydrogens (tertiary/aromatic N) is 6. The van der Waals surface area contributed by atoms with Crippen LogP contribution in [0.3, 0.4) is 0 Å². The van der Waals surface area contributed by atoms with Crippen molar-refractivity contribution in [2.24, 2.45) is 0 Å². The van der Waals surface area contributed by atoms with Crippen LogP contribution in [0.2, 0.25) is 0 Å². The molecule has 0 aromatic carbocycles. The van der Waals surface area contributed by atoms with Gasteiger partial charge in [-0.2, -0.15) is 0 Å². The summed E-state index contributed by atoms with van der Waals surface area (Å²) in [6.07, 6.45) is 4.99. The van der Waals surface area contributed by atoms with E-state index in [2.05, 4.69) is 25.2 Å². The van der Waals surface area contributed by atoms with Crippen LogP contribution in [0.1, 0.15) is 10.4 Å². The second-order valence-electron chi connectivity index (χ2n) is 6.23. The van der Waals surface area contributed by atoms with E-state index in [4.69, 9.17) is 0 Å². The first kappa shape index (κ1) is 16.2. The molecule has 0 atom stereocenters.